The number of fused-ring (bicyclic) bond motifs is 2. The Labute approximate surface area is 205 Å². The van der Waals surface area contributed by atoms with E-state index in [1.807, 2.05) is 0 Å². The summed E-state index contributed by atoms with van der Waals surface area (Å²) in [6.45, 7) is 7.72. The zero-order valence-corrected chi connectivity index (χ0v) is 20.3. The number of allylic oxidation sites excluding steroid dienone is 1. The van der Waals surface area contributed by atoms with Crippen LogP contribution in [-0.2, 0) is 6.42 Å². The third-order valence-electron chi connectivity index (χ3n) is 7.94. The van der Waals surface area contributed by atoms with Crippen LogP contribution in [0.4, 0.5) is 10.2 Å². The second-order valence-electron chi connectivity index (χ2n) is 10.3. The molecule has 0 saturated carbocycles. The van der Waals surface area contributed by atoms with E-state index in [0.717, 1.165) is 99.5 Å². The molecule has 2 fully saturated rings. The fraction of sp³-hybridized carbons (Fsp3) is 0.481. The molecule has 8 heteroatoms. The van der Waals surface area contributed by atoms with Gasteiger partial charge in [-0.15, -0.1) is 0 Å². The number of hydrogen-bond acceptors (Lipinski definition) is 4. The van der Waals surface area contributed by atoms with Gasteiger partial charge in [0.15, 0.2) is 5.82 Å². The van der Waals surface area contributed by atoms with E-state index in [0.29, 0.717) is 6.04 Å². The average Bonchev–Trinajstić information content (AvgIpc) is 3.60. The number of halogens is 1. The Morgan fingerprint density at radius 1 is 1.14 bits per heavy atom. The molecule has 2 aliphatic heterocycles. The Balaban J connectivity index is 1.04. The van der Waals surface area contributed by atoms with Crippen molar-refractivity contribution in [1.82, 2.24) is 25.0 Å². The lowest BCUT2D eigenvalue weighted by Crippen LogP contribution is -2.48. The van der Waals surface area contributed by atoms with Gasteiger partial charge >= 0.3 is 0 Å². The molecule has 1 atom stereocenters. The van der Waals surface area contributed by atoms with Crippen LogP contribution >= 0.6 is 0 Å². The monoisotopic (exact) mass is 476 g/mol. The number of aromatic amines is 2. The summed E-state index contributed by atoms with van der Waals surface area (Å²) in [6, 6.07) is 7.17. The summed E-state index contributed by atoms with van der Waals surface area (Å²) >= 11 is 0. The number of nitrogens with one attached hydrogen (secondary N) is 2. The van der Waals surface area contributed by atoms with Crippen molar-refractivity contribution < 1.29 is 9.18 Å². The maximum Gasteiger partial charge on any atom is 0.270 e. The van der Waals surface area contributed by atoms with Gasteiger partial charge in [-0.3, -0.25) is 14.8 Å². The number of aryl methyl sites for hydroxylation is 1. The van der Waals surface area contributed by atoms with E-state index in [2.05, 4.69) is 48.9 Å². The van der Waals surface area contributed by atoms with Gasteiger partial charge in [0.25, 0.3) is 5.91 Å². The van der Waals surface area contributed by atoms with Crippen LogP contribution in [-0.4, -0.2) is 76.2 Å². The Morgan fingerprint density at radius 2 is 2.00 bits per heavy atom. The standard InChI is InChI=1S/C27H33FN6O/c1-18-4-5-19-16-25(29-23(19)15-18)27(35)34-9-2-3-21(34)8-10-32-11-13-33(14-12-32)26-22-7-6-20(28)17-24(22)30-31-26/h6-7,15-17,21,29H,2-5,8-14H2,1H3,(H,30,31). The van der Waals surface area contributed by atoms with E-state index in [9.17, 15) is 9.18 Å². The van der Waals surface area contributed by atoms with E-state index >= 15 is 0 Å². The fourth-order valence-corrected chi connectivity index (χ4v) is 5.91. The van der Waals surface area contributed by atoms with Crippen molar-refractivity contribution in [2.24, 2.45) is 0 Å². The molecule has 4 heterocycles. The zero-order chi connectivity index (χ0) is 23.9. The van der Waals surface area contributed by atoms with Crippen LogP contribution in [0, 0.1) is 5.82 Å². The summed E-state index contributed by atoms with van der Waals surface area (Å²) in [5, 5.41) is 8.37. The summed E-state index contributed by atoms with van der Waals surface area (Å²) in [4.78, 5) is 23.6. The van der Waals surface area contributed by atoms with E-state index in [1.54, 1.807) is 6.07 Å². The summed E-state index contributed by atoms with van der Waals surface area (Å²) in [6.07, 6.45) is 7.45. The minimum absolute atomic E-state index is 0.152. The smallest absolute Gasteiger partial charge is 0.270 e. The van der Waals surface area contributed by atoms with Crippen LogP contribution in [0.5, 0.6) is 0 Å². The number of aromatic nitrogens is 3. The van der Waals surface area contributed by atoms with Crippen molar-refractivity contribution in [2.75, 3.05) is 44.2 Å². The van der Waals surface area contributed by atoms with Crippen LogP contribution in [0.25, 0.3) is 17.0 Å². The molecule has 6 rings (SSSR count). The molecule has 1 amide bonds. The van der Waals surface area contributed by atoms with Crippen molar-refractivity contribution in [2.45, 2.75) is 45.1 Å². The first kappa shape index (κ1) is 22.3. The molecule has 2 saturated heterocycles. The highest BCUT2D eigenvalue weighted by Gasteiger charge is 2.31. The molecule has 0 spiro atoms. The molecule has 1 unspecified atom stereocenters. The van der Waals surface area contributed by atoms with Crippen LogP contribution in [0.2, 0.25) is 0 Å². The molecule has 184 valence electrons. The van der Waals surface area contributed by atoms with E-state index in [1.165, 1.54) is 23.3 Å². The number of benzene rings is 1. The van der Waals surface area contributed by atoms with Crippen molar-refractivity contribution in [3.05, 3.63) is 52.6 Å². The van der Waals surface area contributed by atoms with Gasteiger partial charge in [0, 0.05) is 56.4 Å². The van der Waals surface area contributed by atoms with Crippen molar-refractivity contribution in [1.29, 1.82) is 0 Å². The van der Waals surface area contributed by atoms with Crippen molar-refractivity contribution in [3.8, 4) is 0 Å². The molecule has 2 N–H and O–H groups in total. The van der Waals surface area contributed by atoms with E-state index < -0.39 is 0 Å². The lowest BCUT2D eigenvalue weighted by molar-refractivity contribution is 0.0714. The van der Waals surface area contributed by atoms with Gasteiger partial charge in [-0.25, -0.2) is 4.39 Å². The van der Waals surface area contributed by atoms with Crippen LogP contribution in [0.3, 0.4) is 0 Å². The predicted octanol–water partition coefficient (Wildman–Crippen LogP) is 4.20. The van der Waals surface area contributed by atoms with Gasteiger partial charge in [-0.2, -0.15) is 5.10 Å². The minimum atomic E-state index is -0.250. The number of H-pyrrole nitrogens is 2. The highest BCUT2D eigenvalue weighted by atomic mass is 19.1. The number of carbonyl (C=O) groups is 1. The lowest BCUT2D eigenvalue weighted by Gasteiger charge is -2.36. The lowest BCUT2D eigenvalue weighted by atomic mass is 9.99. The molecular weight excluding hydrogens is 443 g/mol. The molecular formula is C27H33FN6O. The van der Waals surface area contributed by atoms with Crippen molar-refractivity contribution in [3.63, 3.8) is 0 Å². The predicted molar refractivity (Wildman–Crippen MR) is 136 cm³/mol. The second-order valence-corrected chi connectivity index (χ2v) is 10.3. The topological polar surface area (TPSA) is 71.3 Å². The number of likely N-dealkylation sites (tertiary alicyclic amines) is 1. The maximum absolute atomic E-state index is 13.5. The largest absolute Gasteiger partial charge is 0.352 e. The first-order chi connectivity index (χ1) is 17.0. The Hall–Kier alpha value is -3.13. The Morgan fingerprint density at radius 3 is 2.86 bits per heavy atom. The average molecular weight is 477 g/mol. The zero-order valence-electron chi connectivity index (χ0n) is 20.3. The summed E-state index contributed by atoms with van der Waals surface area (Å²) in [5.41, 5.74) is 5.23. The fourth-order valence-electron chi connectivity index (χ4n) is 5.91. The molecule has 1 aliphatic carbocycles. The number of hydrogen-bond donors (Lipinski definition) is 2. The normalized spacial score (nSPS) is 21.0. The molecule has 35 heavy (non-hydrogen) atoms. The third kappa shape index (κ3) is 4.35. The second kappa shape index (κ2) is 9.15. The summed E-state index contributed by atoms with van der Waals surface area (Å²) in [7, 11) is 0. The first-order valence-electron chi connectivity index (χ1n) is 12.9. The molecule has 3 aliphatic rings. The van der Waals surface area contributed by atoms with Gasteiger partial charge in [-0.1, -0.05) is 5.57 Å². The quantitative estimate of drug-likeness (QED) is 0.579. The number of carbonyl (C=O) groups excluding carboxylic acids is 1. The molecule has 0 bridgehead atoms. The van der Waals surface area contributed by atoms with Gasteiger partial charge < -0.3 is 14.8 Å². The van der Waals surface area contributed by atoms with Crippen molar-refractivity contribution >= 4 is 28.7 Å². The van der Waals surface area contributed by atoms with Crippen LogP contribution < -0.4 is 4.90 Å². The molecule has 3 aromatic rings. The molecule has 7 nitrogen and oxygen atoms in total. The van der Waals surface area contributed by atoms with Crippen LogP contribution in [0.15, 0.2) is 29.8 Å². The number of rotatable bonds is 5. The molecule has 0 radical (unpaired) electrons. The maximum atomic E-state index is 13.5. The number of nitrogens with zero attached hydrogens (tertiary/aromatic N) is 4. The highest BCUT2D eigenvalue weighted by Crippen LogP contribution is 2.28. The third-order valence-corrected chi connectivity index (χ3v) is 7.94. The summed E-state index contributed by atoms with van der Waals surface area (Å²) in [5.74, 6) is 0.810. The van der Waals surface area contributed by atoms with E-state index in [4.69, 9.17) is 0 Å². The number of piperazine rings is 1. The Bertz CT molecular complexity index is 1270. The highest BCUT2D eigenvalue weighted by molar-refractivity contribution is 5.94. The van der Waals surface area contributed by atoms with Gasteiger partial charge in [-0.05, 0) is 74.9 Å². The number of amides is 1. The van der Waals surface area contributed by atoms with Gasteiger partial charge in [0.1, 0.15) is 11.5 Å². The van der Waals surface area contributed by atoms with Crippen LogP contribution in [0.1, 0.15) is 54.4 Å². The summed E-state index contributed by atoms with van der Waals surface area (Å²) < 4.78 is 13.5. The number of anilines is 1. The Kier molecular flexibility index (Phi) is 5.84. The SMILES string of the molecule is CC1=Cc2[nH]c(C(=O)N3CCCC3CCN3CCN(c4n[nH]c5cc(F)ccc45)CC3)cc2CC1. The minimum Gasteiger partial charge on any atom is -0.352 e. The van der Waals surface area contributed by atoms with Gasteiger partial charge in [0.2, 0.25) is 0 Å². The molecule has 1 aromatic carbocycles. The van der Waals surface area contributed by atoms with E-state index in [-0.39, 0.29) is 11.7 Å². The molecule has 2 aromatic heterocycles. The van der Waals surface area contributed by atoms with Gasteiger partial charge in [0.05, 0.1) is 5.52 Å². The first-order valence-corrected chi connectivity index (χ1v) is 12.9.